The second-order valence-corrected chi connectivity index (χ2v) is 4.31. The van der Waals surface area contributed by atoms with Crippen molar-refractivity contribution in [2.45, 2.75) is 26.4 Å². The van der Waals surface area contributed by atoms with Gasteiger partial charge >= 0.3 is 5.97 Å². The van der Waals surface area contributed by atoms with Gasteiger partial charge in [0.2, 0.25) is 0 Å². The molecule has 0 saturated heterocycles. The monoisotopic (exact) mass is 249 g/mol. The highest BCUT2D eigenvalue weighted by atomic mass is 16.6. The molecule has 1 aromatic rings. The first-order chi connectivity index (χ1) is 8.47. The van der Waals surface area contributed by atoms with Crippen LogP contribution < -0.4 is 10.1 Å². The number of rotatable bonds is 2. The maximum atomic E-state index is 12.0. The van der Waals surface area contributed by atoms with Gasteiger partial charge in [-0.15, -0.1) is 0 Å². The van der Waals surface area contributed by atoms with E-state index < -0.39 is 17.5 Å². The van der Waals surface area contributed by atoms with E-state index in [0.29, 0.717) is 11.4 Å². The van der Waals surface area contributed by atoms with Crippen molar-refractivity contribution in [1.82, 2.24) is 0 Å². The molecule has 1 amide bonds. The largest absolute Gasteiger partial charge is 0.464 e. The van der Waals surface area contributed by atoms with Crippen LogP contribution in [0.3, 0.4) is 0 Å². The van der Waals surface area contributed by atoms with Gasteiger partial charge in [-0.3, -0.25) is 4.79 Å². The van der Waals surface area contributed by atoms with Gasteiger partial charge in [0.25, 0.3) is 11.5 Å². The minimum absolute atomic E-state index is 0.200. The zero-order chi connectivity index (χ0) is 13.3. The summed E-state index contributed by atoms with van der Waals surface area (Å²) in [6.45, 7) is 5.19. The molecule has 2 rings (SSSR count). The number of carbonyl (C=O) groups excluding carboxylic acids is 2. The van der Waals surface area contributed by atoms with Crippen LogP contribution in [0, 0.1) is 6.92 Å². The van der Waals surface area contributed by atoms with Crippen molar-refractivity contribution in [3.05, 3.63) is 23.8 Å². The molecule has 0 spiro atoms. The fourth-order valence-corrected chi connectivity index (χ4v) is 1.74. The third-order valence-corrected chi connectivity index (χ3v) is 2.80. The molecule has 1 atom stereocenters. The Balaban J connectivity index is 2.36. The first-order valence-corrected chi connectivity index (χ1v) is 5.75. The lowest BCUT2D eigenvalue weighted by Crippen LogP contribution is -2.55. The highest BCUT2D eigenvalue weighted by molar-refractivity contribution is 6.13. The molecule has 5 heteroatoms. The van der Waals surface area contributed by atoms with Crippen LogP contribution in [0.25, 0.3) is 0 Å². The van der Waals surface area contributed by atoms with E-state index in [0.717, 1.165) is 5.56 Å². The summed E-state index contributed by atoms with van der Waals surface area (Å²) in [5, 5.41) is 2.67. The summed E-state index contributed by atoms with van der Waals surface area (Å²) >= 11 is 0. The molecule has 1 N–H and O–H groups in total. The summed E-state index contributed by atoms with van der Waals surface area (Å²) in [6.07, 6.45) is 0. The van der Waals surface area contributed by atoms with Gasteiger partial charge < -0.3 is 14.8 Å². The van der Waals surface area contributed by atoms with Gasteiger partial charge in [0, 0.05) is 0 Å². The van der Waals surface area contributed by atoms with Gasteiger partial charge in [0.15, 0.2) is 0 Å². The number of fused-ring (bicyclic) bond motifs is 1. The number of carbonyl (C=O) groups is 2. The zero-order valence-corrected chi connectivity index (χ0v) is 10.6. The molecular weight excluding hydrogens is 234 g/mol. The van der Waals surface area contributed by atoms with Crippen molar-refractivity contribution >= 4 is 17.6 Å². The number of anilines is 1. The number of hydrogen-bond donors (Lipinski definition) is 1. The lowest BCUT2D eigenvalue weighted by molar-refractivity contribution is -0.165. The standard InChI is InChI=1S/C13H15NO4/c1-4-17-12(16)13(3)11(15)14-9-7-8(2)5-6-10(9)18-13/h5-7H,4H2,1-3H3,(H,14,15)/t13-/m0/s1. The first-order valence-electron chi connectivity index (χ1n) is 5.75. The summed E-state index contributed by atoms with van der Waals surface area (Å²) < 4.78 is 10.4. The minimum Gasteiger partial charge on any atom is -0.464 e. The van der Waals surface area contributed by atoms with Crippen LogP contribution in [0.5, 0.6) is 5.75 Å². The normalized spacial score (nSPS) is 21.6. The van der Waals surface area contributed by atoms with Crippen molar-refractivity contribution in [2.75, 3.05) is 11.9 Å². The summed E-state index contributed by atoms with van der Waals surface area (Å²) in [6, 6.07) is 5.36. The molecule has 0 aliphatic carbocycles. The molecule has 96 valence electrons. The van der Waals surface area contributed by atoms with Crippen LogP contribution in [-0.2, 0) is 14.3 Å². The molecule has 1 aliphatic rings. The smallest absolute Gasteiger partial charge is 0.360 e. The van der Waals surface area contributed by atoms with E-state index in [1.165, 1.54) is 6.92 Å². The number of hydrogen-bond acceptors (Lipinski definition) is 4. The van der Waals surface area contributed by atoms with Crippen molar-refractivity contribution in [1.29, 1.82) is 0 Å². The predicted octanol–water partition coefficient (Wildman–Crippen LogP) is 1.65. The van der Waals surface area contributed by atoms with E-state index in [4.69, 9.17) is 9.47 Å². The Morgan fingerprint density at radius 1 is 1.50 bits per heavy atom. The van der Waals surface area contributed by atoms with Gasteiger partial charge in [-0.05, 0) is 38.5 Å². The average molecular weight is 249 g/mol. The third-order valence-electron chi connectivity index (χ3n) is 2.80. The lowest BCUT2D eigenvalue weighted by atomic mass is 10.0. The van der Waals surface area contributed by atoms with Crippen molar-refractivity contribution in [2.24, 2.45) is 0 Å². The Hall–Kier alpha value is -2.04. The Bertz CT molecular complexity index is 512. The number of amides is 1. The summed E-state index contributed by atoms with van der Waals surface area (Å²) in [7, 11) is 0. The molecule has 0 saturated carbocycles. The van der Waals surface area contributed by atoms with E-state index in [2.05, 4.69) is 5.32 Å². The first kappa shape index (κ1) is 12.4. The molecule has 0 aromatic heterocycles. The van der Waals surface area contributed by atoms with Crippen LogP contribution in [0.15, 0.2) is 18.2 Å². The maximum absolute atomic E-state index is 12.0. The summed E-state index contributed by atoms with van der Waals surface area (Å²) in [5.41, 5.74) is -0.0581. The SMILES string of the molecule is CCOC(=O)[C@@]1(C)Oc2ccc(C)cc2NC1=O. The topological polar surface area (TPSA) is 64.6 Å². The molecule has 1 aliphatic heterocycles. The number of benzene rings is 1. The van der Waals surface area contributed by atoms with Gasteiger partial charge in [0.05, 0.1) is 12.3 Å². The number of ether oxygens (including phenoxy) is 2. The fraction of sp³-hybridized carbons (Fsp3) is 0.385. The highest BCUT2D eigenvalue weighted by Crippen LogP contribution is 2.34. The van der Waals surface area contributed by atoms with Crippen LogP contribution in [0.1, 0.15) is 19.4 Å². The quantitative estimate of drug-likeness (QED) is 0.639. The van der Waals surface area contributed by atoms with Crippen molar-refractivity contribution < 1.29 is 19.1 Å². The number of aryl methyl sites for hydroxylation is 1. The van der Waals surface area contributed by atoms with Crippen LogP contribution in [-0.4, -0.2) is 24.1 Å². The van der Waals surface area contributed by atoms with Crippen LogP contribution in [0.4, 0.5) is 5.69 Å². The number of nitrogens with one attached hydrogen (secondary N) is 1. The molecule has 0 fully saturated rings. The summed E-state index contributed by atoms with van der Waals surface area (Å²) in [4.78, 5) is 23.8. The average Bonchev–Trinajstić information content (AvgIpc) is 2.31. The lowest BCUT2D eigenvalue weighted by Gasteiger charge is -2.32. The Morgan fingerprint density at radius 2 is 2.22 bits per heavy atom. The molecule has 18 heavy (non-hydrogen) atoms. The second kappa shape index (κ2) is 4.33. The van der Waals surface area contributed by atoms with E-state index in [-0.39, 0.29) is 6.61 Å². The molecule has 5 nitrogen and oxygen atoms in total. The minimum atomic E-state index is -1.63. The van der Waals surface area contributed by atoms with Gasteiger partial charge in [-0.25, -0.2) is 4.79 Å². The van der Waals surface area contributed by atoms with Gasteiger partial charge in [0.1, 0.15) is 5.75 Å². The van der Waals surface area contributed by atoms with Crippen LogP contribution >= 0.6 is 0 Å². The molecule has 1 aromatic carbocycles. The predicted molar refractivity (Wildman–Crippen MR) is 65.5 cm³/mol. The maximum Gasteiger partial charge on any atom is 0.360 e. The summed E-state index contributed by atoms with van der Waals surface area (Å²) in [5.74, 6) is -0.733. The van der Waals surface area contributed by atoms with E-state index in [1.807, 2.05) is 13.0 Å². The van der Waals surface area contributed by atoms with Crippen molar-refractivity contribution in [3.8, 4) is 5.75 Å². The van der Waals surface area contributed by atoms with E-state index in [9.17, 15) is 9.59 Å². The highest BCUT2D eigenvalue weighted by Gasteiger charge is 2.48. The third kappa shape index (κ3) is 1.92. The Labute approximate surface area is 105 Å². The fourth-order valence-electron chi connectivity index (χ4n) is 1.74. The van der Waals surface area contributed by atoms with Gasteiger partial charge in [-0.1, -0.05) is 6.07 Å². The zero-order valence-electron chi connectivity index (χ0n) is 10.6. The second-order valence-electron chi connectivity index (χ2n) is 4.31. The van der Waals surface area contributed by atoms with Crippen molar-refractivity contribution in [3.63, 3.8) is 0 Å². The number of esters is 1. The Kier molecular flexibility index (Phi) is 2.98. The Morgan fingerprint density at radius 3 is 2.89 bits per heavy atom. The molecule has 0 bridgehead atoms. The molecule has 0 unspecified atom stereocenters. The molecule has 0 radical (unpaired) electrons. The van der Waals surface area contributed by atoms with E-state index >= 15 is 0 Å². The molecule has 1 heterocycles. The van der Waals surface area contributed by atoms with Crippen LogP contribution in [0.2, 0.25) is 0 Å². The van der Waals surface area contributed by atoms with E-state index in [1.54, 1.807) is 19.1 Å². The molecular formula is C13H15NO4. The van der Waals surface area contributed by atoms with Gasteiger partial charge in [-0.2, -0.15) is 0 Å².